The smallest absolute Gasteiger partial charge is 1.00 e. The van der Waals surface area contributed by atoms with E-state index in [1.807, 2.05) is 0 Å². The van der Waals surface area contributed by atoms with Crippen LogP contribution in [-0.2, 0) is 0 Å². The molecule has 2 heteroatoms. The summed E-state index contributed by atoms with van der Waals surface area (Å²) in [5.41, 5.74) is 0. The van der Waals surface area contributed by atoms with Gasteiger partial charge in [-0.1, -0.05) is 0 Å². The number of hydrogen-bond donors (Lipinski definition) is 0. The molecule has 0 heterocycles. The molecule has 0 unspecified atom stereocenters. The Kier molecular flexibility index (Phi) is 22.6. The molecule has 18 heavy (non-hydrogen) atoms. The fraction of sp³-hybridized carbons (Fsp3) is 1.00. The van der Waals surface area contributed by atoms with Gasteiger partial charge < -0.3 is 12.4 Å². The summed E-state index contributed by atoms with van der Waals surface area (Å²) in [7, 11) is 2.53. The maximum atomic E-state index is 2.53. The predicted octanol–water partition coefficient (Wildman–Crippen LogP) is 3.25. The van der Waals surface area contributed by atoms with Gasteiger partial charge in [0.1, 0.15) is 0 Å². The van der Waals surface area contributed by atoms with Gasteiger partial charge in [-0.2, -0.15) is 0 Å². The summed E-state index contributed by atoms with van der Waals surface area (Å²) in [6.45, 7) is 4.57. The van der Waals surface area contributed by atoms with Crippen LogP contribution in [0.5, 0.6) is 0 Å². The van der Waals surface area contributed by atoms with Crippen molar-refractivity contribution in [2.45, 2.75) is 104 Å². The molecule has 0 aliphatic carbocycles. The topological polar surface area (TPSA) is 0 Å². The van der Waals surface area contributed by atoms with Gasteiger partial charge in [0.05, 0.1) is 0 Å². The summed E-state index contributed by atoms with van der Waals surface area (Å²) in [6, 6.07) is 0. The monoisotopic (exact) mass is 272 g/mol. The molecule has 0 aliphatic rings. The normalized spacial score (nSPS) is 9.89. The zero-order valence-electron chi connectivity index (χ0n) is 12.9. The van der Waals surface area contributed by atoms with Crippen molar-refractivity contribution in [2.24, 2.45) is 0 Å². The van der Waals surface area contributed by atoms with Gasteiger partial charge in [-0.15, -0.1) is 0 Å². The Bertz CT molecular complexity index is 114. The summed E-state index contributed by atoms with van der Waals surface area (Å²) in [6.07, 6.45) is 19.9. The van der Waals surface area contributed by atoms with Crippen molar-refractivity contribution < 1.29 is 12.4 Å². The van der Waals surface area contributed by atoms with E-state index in [4.69, 9.17) is 0 Å². The number of unbranched alkanes of at least 4 members (excludes halogenated alkanes) is 10. The molecule has 0 bridgehead atoms. The molecule has 0 rings (SSSR count). The molecule has 0 aromatic rings. The largest absolute Gasteiger partial charge is 1.00 e. The van der Waals surface area contributed by atoms with E-state index in [2.05, 4.69) is 21.1 Å². The van der Waals surface area contributed by atoms with Crippen molar-refractivity contribution in [3.8, 4) is 0 Å². The molecule has 0 radical (unpaired) electrons. The fourth-order valence-corrected chi connectivity index (χ4v) is 2.28. The molecule has 0 saturated carbocycles. The Morgan fingerprint density at radius 2 is 0.833 bits per heavy atom. The summed E-state index contributed by atoms with van der Waals surface area (Å²) >= 11 is 0. The van der Waals surface area contributed by atoms with E-state index >= 15 is 0 Å². The van der Waals surface area contributed by atoms with Crippen molar-refractivity contribution in [1.82, 2.24) is 0 Å². The van der Waals surface area contributed by atoms with Crippen LogP contribution in [0.2, 0.25) is 12.6 Å². The minimum Gasteiger partial charge on any atom is -1.00 e. The minimum atomic E-state index is 0. The maximum Gasteiger partial charge on any atom is -1.00 e. The van der Waals surface area contributed by atoms with E-state index in [-0.39, 0.29) is 12.4 Å². The number of halogens is 1. The van der Waals surface area contributed by atoms with Gasteiger partial charge in [-0.25, -0.2) is 0 Å². The second kappa shape index (κ2) is 19.7. The molecule has 0 saturated heterocycles. The van der Waals surface area contributed by atoms with E-state index < -0.39 is 0 Å². The summed E-state index contributed by atoms with van der Waals surface area (Å²) in [5, 5.41) is 0. The molecular formula is C16H34BCl. The van der Waals surface area contributed by atoms with Gasteiger partial charge in [-0.05, 0) is 0 Å². The average molecular weight is 273 g/mol. The van der Waals surface area contributed by atoms with Crippen molar-refractivity contribution in [2.75, 3.05) is 0 Å². The summed E-state index contributed by atoms with van der Waals surface area (Å²) in [4.78, 5) is 0. The zero-order valence-corrected chi connectivity index (χ0v) is 13.6. The van der Waals surface area contributed by atoms with Gasteiger partial charge in [0.2, 0.25) is 0 Å². The fourth-order valence-electron chi connectivity index (χ4n) is 2.28. The van der Waals surface area contributed by atoms with E-state index in [1.54, 1.807) is 0 Å². The molecule has 0 nitrogen and oxygen atoms in total. The van der Waals surface area contributed by atoms with Gasteiger partial charge in [-0.3, -0.25) is 0 Å². The first-order valence-corrected chi connectivity index (χ1v) is 8.23. The second-order valence-corrected chi connectivity index (χ2v) is 5.40. The first-order valence-electron chi connectivity index (χ1n) is 8.23. The Labute approximate surface area is 123 Å². The molecule has 0 fully saturated rings. The van der Waals surface area contributed by atoms with E-state index in [9.17, 15) is 0 Å². The standard InChI is InChI=1S/C16H34B.ClH/c1-3-5-7-9-11-13-15-17-16-14-12-10-8-6-4-2;/h3-16H2,1-2H3;1H/q+1;/p-1. The molecule has 0 aromatic heterocycles. The van der Waals surface area contributed by atoms with Crippen LogP contribution in [0.25, 0.3) is 0 Å². The molecule has 108 valence electrons. The van der Waals surface area contributed by atoms with Crippen molar-refractivity contribution in [3.63, 3.8) is 0 Å². The van der Waals surface area contributed by atoms with Crippen molar-refractivity contribution in [1.29, 1.82) is 0 Å². The van der Waals surface area contributed by atoms with Gasteiger partial charge in [0, 0.05) is 0 Å². The van der Waals surface area contributed by atoms with E-state index in [0.29, 0.717) is 0 Å². The number of hydrogen-bond acceptors (Lipinski definition) is 0. The van der Waals surface area contributed by atoms with Gasteiger partial charge >= 0.3 is 111 Å². The Morgan fingerprint density at radius 3 is 1.22 bits per heavy atom. The number of rotatable bonds is 14. The van der Waals surface area contributed by atoms with Crippen LogP contribution in [0.3, 0.4) is 0 Å². The SMILES string of the molecule is CCCCCCCC[B+]CCCCCCCC.[Cl-]. The first-order chi connectivity index (χ1) is 8.41. The maximum absolute atomic E-state index is 2.53. The molecular weight excluding hydrogens is 238 g/mol. The molecule has 0 N–H and O–H groups in total. The summed E-state index contributed by atoms with van der Waals surface area (Å²) in [5.74, 6) is 0. The Morgan fingerprint density at radius 1 is 0.500 bits per heavy atom. The van der Waals surface area contributed by atoms with E-state index in [1.165, 1.54) is 89.7 Å². The van der Waals surface area contributed by atoms with Gasteiger partial charge in [0.15, 0.2) is 0 Å². The third-order valence-electron chi connectivity index (χ3n) is 3.52. The second-order valence-electron chi connectivity index (χ2n) is 5.40. The van der Waals surface area contributed by atoms with Crippen LogP contribution >= 0.6 is 0 Å². The van der Waals surface area contributed by atoms with Crippen LogP contribution in [0.15, 0.2) is 0 Å². The Balaban J connectivity index is 0. The third-order valence-corrected chi connectivity index (χ3v) is 3.52. The molecule has 0 atom stereocenters. The van der Waals surface area contributed by atoms with Crippen LogP contribution in [0.1, 0.15) is 90.9 Å². The van der Waals surface area contributed by atoms with E-state index in [0.717, 1.165) is 0 Å². The molecule has 0 aromatic carbocycles. The van der Waals surface area contributed by atoms with Crippen LogP contribution < -0.4 is 12.4 Å². The Hall–Kier alpha value is 0.355. The summed E-state index contributed by atoms with van der Waals surface area (Å²) < 4.78 is 0. The molecule has 0 amide bonds. The first kappa shape index (κ1) is 20.7. The quantitative estimate of drug-likeness (QED) is 0.336. The van der Waals surface area contributed by atoms with Crippen molar-refractivity contribution in [3.05, 3.63) is 0 Å². The third kappa shape index (κ3) is 18.7. The molecule has 0 aliphatic heterocycles. The van der Waals surface area contributed by atoms with Crippen LogP contribution in [0, 0.1) is 0 Å². The van der Waals surface area contributed by atoms with Crippen LogP contribution in [-0.4, -0.2) is 7.28 Å². The van der Waals surface area contributed by atoms with Crippen LogP contribution in [0.4, 0.5) is 0 Å². The van der Waals surface area contributed by atoms with Crippen molar-refractivity contribution >= 4 is 7.28 Å². The molecule has 0 spiro atoms. The zero-order chi connectivity index (χ0) is 12.6. The predicted molar refractivity (Wildman–Crippen MR) is 82.1 cm³/mol. The average Bonchev–Trinajstić information content (AvgIpc) is 2.35. The van der Waals surface area contributed by atoms with Gasteiger partial charge in [0.25, 0.3) is 0 Å². The minimum absolute atomic E-state index is 0.